The molecule has 0 bridgehead atoms. The molecule has 0 radical (unpaired) electrons. The number of ketones is 2. The molecule has 1 aliphatic rings. The van der Waals surface area contributed by atoms with Crippen molar-refractivity contribution in [1.82, 2.24) is 9.80 Å². The van der Waals surface area contributed by atoms with Gasteiger partial charge in [-0.3, -0.25) is 9.59 Å². The molecule has 1 heterocycles. The highest BCUT2D eigenvalue weighted by molar-refractivity contribution is 6.37. The number of Topliss-reactive ketones (excluding diaryl/α,β-unsaturated/α-hetero) is 2. The Balaban J connectivity index is 1.58. The van der Waals surface area contributed by atoms with Crippen molar-refractivity contribution in [2.75, 3.05) is 19.8 Å². The lowest BCUT2D eigenvalue weighted by Gasteiger charge is -2.20. The monoisotopic (exact) mass is 442 g/mol. The molecule has 0 aliphatic carbocycles. The van der Waals surface area contributed by atoms with Crippen LogP contribution in [-0.4, -0.2) is 41.1 Å². The number of hydrogen-bond acceptors (Lipinski definition) is 4. The first-order chi connectivity index (χ1) is 12.8. The fraction of sp³-hybridized carbons (Fsp3) is 0.158. The van der Waals surface area contributed by atoms with Gasteiger partial charge in [0.25, 0.3) is 0 Å². The third-order valence-corrected chi connectivity index (χ3v) is 5.10. The fourth-order valence-electron chi connectivity index (χ4n) is 2.69. The Bertz CT molecular complexity index is 856. The molecule has 8 heteroatoms. The zero-order valence-corrected chi connectivity index (χ0v) is 17.0. The smallest absolute Gasteiger partial charge is 0.183 e. The van der Waals surface area contributed by atoms with E-state index in [4.69, 9.17) is 46.4 Å². The van der Waals surface area contributed by atoms with Crippen molar-refractivity contribution < 1.29 is 9.59 Å². The van der Waals surface area contributed by atoms with Crippen LogP contribution in [0.5, 0.6) is 0 Å². The van der Waals surface area contributed by atoms with Crippen LogP contribution in [0.15, 0.2) is 48.8 Å². The highest BCUT2D eigenvalue weighted by Crippen LogP contribution is 2.23. The molecule has 0 atom stereocenters. The largest absolute Gasteiger partial charge is 0.351 e. The summed E-state index contributed by atoms with van der Waals surface area (Å²) in [5, 5.41) is 1.59. The van der Waals surface area contributed by atoms with Crippen molar-refractivity contribution in [3.8, 4) is 0 Å². The summed E-state index contributed by atoms with van der Waals surface area (Å²) in [6.07, 6.45) is 3.52. The second-order valence-electron chi connectivity index (χ2n) is 6.03. The Morgan fingerprint density at radius 1 is 0.741 bits per heavy atom. The van der Waals surface area contributed by atoms with Crippen molar-refractivity contribution >= 4 is 58.0 Å². The number of nitrogens with zero attached hydrogens (tertiary/aromatic N) is 2. The van der Waals surface area contributed by atoms with Gasteiger partial charge in [-0.15, -0.1) is 0 Å². The van der Waals surface area contributed by atoms with Gasteiger partial charge in [0, 0.05) is 33.6 Å². The Labute approximate surface area is 176 Å². The molecule has 0 aromatic heterocycles. The topological polar surface area (TPSA) is 40.6 Å². The van der Waals surface area contributed by atoms with Gasteiger partial charge in [-0.1, -0.05) is 46.4 Å². The molecule has 0 saturated heterocycles. The SMILES string of the molecule is O=C(CN1C=CN(CC(=O)c2ccc(Cl)cc2Cl)C1)c1ccc(Cl)cc1Cl. The van der Waals surface area contributed by atoms with Crippen LogP contribution in [-0.2, 0) is 0 Å². The molecule has 0 saturated carbocycles. The summed E-state index contributed by atoms with van der Waals surface area (Å²) >= 11 is 23.9. The maximum absolute atomic E-state index is 12.4. The summed E-state index contributed by atoms with van der Waals surface area (Å²) < 4.78 is 0. The maximum Gasteiger partial charge on any atom is 0.183 e. The molecular formula is C19H14Cl4N2O2. The first-order valence-electron chi connectivity index (χ1n) is 7.96. The number of benzene rings is 2. The molecule has 4 nitrogen and oxygen atoms in total. The first-order valence-corrected chi connectivity index (χ1v) is 9.47. The lowest BCUT2D eigenvalue weighted by Crippen LogP contribution is -2.32. The molecule has 0 N–H and O–H groups in total. The second kappa shape index (κ2) is 8.53. The summed E-state index contributed by atoms with van der Waals surface area (Å²) in [5.41, 5.74) is 0.828. The molecule has 2 aromatic rings. The Morgan fingerprint density at radius 2 is 1.15 bits per heavy atom. The van der Waals surface area contributed by atoms with Crippen LogP contribution in [0, 0.1) is 0 Å². The predicted octanol–water partition coefficient (Wildman–Crippen LogP) is 5.41. The number of halogens is 4. The number of carbonyl (C=O) groups excluding carboxylic acids is 2. The minimum atomic E-state index is -0.129. The van der Waals surface area contributed by atoms with Gasteiger partial charge in [0.15, 0.2) is 11.6 Å². The fourth-order valence-corrected chi connectivity index (χ4v) is 3.72. The van der Waals surface area contributed by atoms with E-state index >= 15 is 0 Å². The molecular weight excluding hydrogens is 430 g/mol. The van der Waals surface area contributed by atoms with Gasteiger partial charge < -0.3 is 9.80 Å². The normalized spacial score (nSPS) is 13.3. The third kappa shape index (κ3) is 4.96. The van der Waals surface area contributed by atoms with Crippen molar-refractivity contribution in [2.45, 2.75) is 0 Å². The van der Waals surface area contributed by atoms with Gasteiger partial charge in [0.2, 0.25) is 0 Å². The van der Waals surface area contributed by atoms with E-state index in [-0.39, 0.29) is 24.7 Å². The van der Waals surface area contributed by atoms with Gasteiger partial charge in [0.1, 0.15) is 0 Å². The van der Waals surface area contributed by atoms with Gasteiger partial charge >= 0.3 is 0 Å². The second-order valence-corrected chi connectivity index (χ2v) is 7.72. The van der Waals surface area contributed by atoms with Crippen LogP contribution >= 0.6 is 46.4 Å². The summed E-state index contributed by atoms with van der Waals surface area (Å²) in [4.78, 5) is 28.5. The van der Waals surface area contributed by atoms with E-state index in [1.54, 1.807) is 46.5 Å². The third-order valence-electron chi connectivity index (χ3n) is 4.01. The van der Waals surface area contributed by atoms with E-state index in [2.05, 4.69) is 0 Å². The van der Waals surface area contributed by atoms with E-state index in [1.807, 2.05) is 0 Å². The van der Waals surface area contributed by atoms with Gasteiger partial charge in [-0.2, -0.15) is 0 Å². The summed E-state index contributed by atoms with van der Waals surface area (Å²) in [7, 11) is 0. The minimum Gasteiger partial charge on any atom is -0.351 e. The molecule has 0 fully saturated rings. The molecule has 3 rings (SSSR count). The van der Waals surface area contributed by atoms with E-state index in [0.29, 0.717) is 37.9 Å². The molecule has 0 unspecified atom stereocenters. The van der Waals surface area contributed by atoms with E-state index in [1.165, 1.54) is 12.1 Å². The maximum atomic E-state index is 12.4. The molecule has 2 aromatic carbocycles. The van der Waals surface area contributed by atoms with Crippen molar-refractivity contribution in [2.24, 2.45) is 0 Å². The quantitative estimate of drug-likeness (QED) is 0.559. The summed E-state index contributed by atoms with van der Waals surface area (Å²) in [5.74, 6) is -0.259. The van der Waals surface area contributed by atoms with E-state index < -0.39 is 0 Å². The van der Waals surface area contributed by atoms with Crippen molar-refractivity contribution in [3.05, 3.63) is 80.0 Å². The molecule has 1 aliphatic heterocycles. The lowest BCUT2D eigenvalue weighted by atomic mass is 10.1. The predicted molar refractivity (Wildman–Crippen MR) is 109 cm³/mol. The Kier molecular flexibility index (Phi) is 6.33. The standard InChI is InChI=1S/C19H14Cl4N2O2/c20-12-1-3-14(16(22)7-12)18(26)9-24-5-6-25(11-24)10-19(27)15-4-2-13(21)8-17(15)23/h1-8H,9-11H2. The first kappa shape index (κ1) is 20.0. The minimum absolute atomic E-state index is 0.129. The van der Waals surface area contributed by atoms with Crippen LogP contribution in [0.1, 0.15) is 20.7 Å². The van der Waals surface area contributed by atoms with E-state index in [0.717, 1.165) is 0 Å². The zero-order chi connectivity index (χ0) is 19.6. The van der Waals surface area contributed by atoms with Crippen LogP contribution < -0.4 is 0 Å². The highest BCUT2D eigenvalue weighted by Gasteiger charge is 2.21. The Morgan fingerprint density at radius 3 is 1.52 bits per heavy atom. The number of hydrogen-bond donors (Lipinski definition) is 0. The van der Waals surface area contributed by atoms with Gasteiger partial charge in [0.05, 0.1) is 29.8 Å². The summed E-state index contributed by atoms with van der Waals surface area (Å²) in [6, 6.07) is 9.55. The van der Waals surface area contributed by atoms with Crippen LogP contribution in [0.25, 0.3) is 0 Å². The summed E-state index contributed by atoms with van der Waals surface area (Å²) in [6.45, 7) is 0.697. The molecule has 0 spiro atoms. The number of rotatable bonds is 6. The number of carbonyl (C=O) groups is 2. The average Bonchev–Trinajstić information content (AvgIpc) is 3.01. The lowest BCUT2D eigenvalue weighted by molar-refractivity contribution is 0.0921. The van der Waals surface area contributed by atoms with E-state index in [9.17, 15) is 9.59 Å². The molecule has 140 valence electrons. The van der Waals surface area contributed by atoms with Crippen molar-refractivity contribution in [1.29, 1.82) is 0 Å². The van der Waals surface area contributed by atoms with Crippen LogP contribution in [0.4, 0.5) is 0 Å². The van der Waals surface area contributed by atoms with Gasteiger partial charge in [-0.25, -0.2) is 0 Å². The van der Waals surface area contributed by atoms with Gasteiger partial charge in [-0.05, 0) is 36.4 Å². The molecule has 0 amide bonds. The zero-order valence-electron chi connectivity index (χ0n) is 14.0. The average molecular weight is 444 g/mol. The highest BCUT2D eigenvalue weighted by atomic mass is 35.5. The van der Waals surface area contributed by atoms with Crippen LogP contribution in [0.3, 0.4) is 0 Å². The molecule has 27 heavy (non-hydrogen) atoms. The van der Waals surface area contributed by atoms with Crippen LogP contribution in [0.2, 0.25) is 20.1 Å². The van der Waals surface area contributed by atoms with Crippen molar-refractivity contribution in [3.63, 3.8) is 0 Å². The Hall–Kier alpha value is -1.72.